The number of rotatable bonds is 5. The van der Waals surface area contributed by atoms with Crippen molar-refractivity contribution in [3.8, 4) is 5.75 Å². The molecule has 4 aromatic rings. The van der Waals surface area contributed by atoms with Crippen LogP contribution >= 0.6 is 0 Å². The predicted molar refractivity (Wildman–Crippen MR) is 106 cm³/mol. The monoisotopic (exact) mass is 355 g/mol. The smallest absolute Gasteiger partial charge is 0.282 e. The minimum atomic E-state index is -0.223. The maximum Gasteiger partial charge on any atom is 0.282 e. The summed E-state index contributed by atoms with van der Waals surface area (Å²) in [7, 11) is 0. The topological polar surface area (TPSA) is 56.5 Å². The second kappa shape index (κ2) is 7.66. The number of fused-ring (bicyclic) bond motifs is 1. The molecule has 0 N–H and O–H groups in total. The highest BCUT2D eigenvalue weighted by atomic mass is 16.5. The molecule has 1 aromatic heterocycles. The summed E-state index contributed by atoms with van der Waals surface area (Å²) >= 11 is 0. The molecule has 0 fully saturated rings. The second-order valence-corrected chi connectivity index (χ2v) is 5.92. The summed E-state index contributed by atoms with van der Waals surface area (Å²) in [6.07, 6.45) is 1.64. The zero-order valence-electron chi connectivity index (χ0n) is 14.5. The van der Waals surface area contributed by atoms with E-state index in [1.165, 1.54) is 4.68 Å². The maximum atomic E-state index is 12.9. The van der Waals surface area contributed by atoms with Crippen molar-refractivity contribution in [2.24, 2.45) is 5.10 Å². The molecular formula is C22H17N3O2. The molecule has 0 aliphatic heterocycles. The van der Waals surface area contributed by atoms with Crippen LogP contribution in [0, 0.1) is 0 Å². The van der Waals surface area contributed by atoms with Crippen molar-refractivity contribution in [3.05, 3.63) is 107 Å². The van der Waals surface area contributed by atoms with Gasteiger partial charge in [-0.1, -0.05) is 60.7 Å². The Kier molecular flexibility index (Phi) is 4.74. The van der Waals surface area contributed by atoms with Gasteiger partial charge in [-0.25, -0.2) is 4.98 Å². The number of benzene rings is 3. The number of hydrogen-bond donors (Lipinski definition) is 0. The first-order chi connectivity index (χ1) is 13.3. The van der Waals surface area contributed by atoms with E-state index in [1.807, 2.05) is 78.9 Å². The van der Waals surface area contributed by atoms with Gasteiger partial charge in [0, 0.05) is 0 Å². The molecule has 0 saturated heterocycles. The fourth-order valence-corrected chi connectivity index (χ4v) is 2.71. The summed E-state index contributed by atoms with van der Waals surface area (Å²) in [6.45, 7) is 0.135. The van der Waals surface area contributed by atoms with E-state index in [0.717, 1.165) is 5.56 Å². The summed E-state index contributed by atoms with van der Waals surface area (Å²) in [4.78, 5) is 17.5. The number of nitrogens with zero attached hydrogens (tertiary/aromatic N) is 3. The lowest BCUT2D eigenvalue weighted by atomic mass is 10.2. The van der Waals surface area contributed by atoms with Crippen LogP contribution in [0.15, 0.2) is 94.8 Å². The number of ether oxygens (including phenoxy) is 1. The van der Waals surface area contributed by atoms with E-state index in [-0.39, 0.29) is 12.2 Å². The molecule has 0 aliphatic rings. The molecule has 1 heterocycles. The molecule has 3 aromatic carbocycles. The summed E-state index contributed by atoms with van der Waals surface area (Å²) in [6, 6.07) is 26.3. The van der Waals surface area contributed by atoms with E-state index in [1.54, 1.807) is 12.3 Å². The fourth-order valence-electron chi connectivity index (χ4n) is 2.71. The highest BCUT2D eigenvalue weighted by Crippen LogP contribution is 2.13. The van der Waals surface area contributed by atoms with E-state index in [9.17, 15) is 4.79 Å². The van der Waals surface area contributed by atoms with Gasteiger partial charge < -0.3 is 4.74 Å². The van der Waals surface area contributed by atoms with Crippen LogP contribution in [0.5, 0.6) is 5.75 Å². The van der Waals surface area contributed by atoms with E-state index in [4.69, 9.17) is 4.74 Å². The maximum absolute atomic E-state index is 12.9. The Labute approximate surface area is 156 Å². The first kappa shape index (κ1) is 16.7. The standard InChI is InChI=1S/C22H17N3O2/c26-22-19-13-7-8-14-20(19)24-21(16-27-18-11-5-2-6-12-18)25(22)23-15-17-9-3-1-4-10-17/h1-15H,16H2/b23-15+. The Balaban J connectivity index is 1.75. The van der Waals surface area contributed by atoms with Crippen molar-refractivity contribution in [1.82, 2.24) is 9.66 Å². The van der Waals surface area contributed by atoms with Gasteiger partial charge in [-0.2, -0.15) is 9.78 Å². The van der Waals surface area contributed by atoms with Gasteiger partial charge in [0.05, 0.1) is 17.1 Å². The zero-order chi connectivity index (χ0) is 18.5. The van der Waals surface area contributed by atoms with E-state index in [0.29, 0.717) is 22.5 Å². The average molecular weight is 355 g/mol. The Morgan fingerprint density at radius 2 is 1.56 bits per heavy atom. The molecular weight excluding hydrogens is 338 g/mol. The van der Waals surface area contributed by atoms with Gasteiger partial charge in [0.15, 0.2) is 5.82 Å². The van der Waals surface area contributed by atoms with E-state index >= 15 is 0 Å². The largest absolute Gasteiger partial charge is 0.486 e. The molecule has 132 valence electrons. The molecule has 0 spiro atoms. The molecule has 5 nitrogen and oxygen atoms in total. The van der Waals surface area contributed by atoms with Crippen LogP contribution in [0.3, 0.4) is 0 Å². The number of aromatic nitrogens is 2. The molecule has 4 rings (SSSR count). The SMILES string of the molecule is O=c1c2ccccc2nc(COc2ccccc2)n1/N=C/c1ccccc1. The van der Waals surface area contributed by atoms with Crippen molar-refractivity contribution in [1.29, 1.82) is 0 Å². The highest BCUT2D eigenvalue weighted by molar-refractivity contribution is 5.80. The van der Waals surface area contributed by atoms with Crippen molar-refractivity contribution in [3.63, 3.8) is 0 Å². The molecule has 0 unspecified atom stereocenters. The normalized spacial score (nSPS) is 11.1. The van der Waals surface area contributed by atoms with Gasteiger partial charge in [-0.05, 0) is 29.8 Å². The molecule has 0 bridgehead atoms. The van der Waals surface area contributed by atoms with Crippen molar-refractivity contribution >= 4 is 17.1 Å². The summed E-state index contributed by atoms with van der Waals surface area (Å²) in [5.41, 5.74) is 1.30. The summed E-state index contributed by atoms with van der Waals surface area (Å²) in [5, 5.41) is 4.89. The molecule has 0 radical (unpaired) electrons. The lowest BCUT2D eigenvalue weighted by Gasteiger charge is -2.10. The van der Waals surface area contributed by atoms with Gasteiger partial charge in [0.2, 0.25) is 0 Å². The van der Waals surface area contributed by atoms with Crippen LogP contribution in [0.25, 0.3) is 10.9 Å². The van der Waals surface area contributed by atoms with Crippen LogP contribution in [0.4, 0.5) is 0 Å². The quantitative estimate of drug-likeness (QED) is 0.511. The van der Waals surface area contributed by atoms with Gasteiger partial charge in [-0.3, -0.25) is 4.79 Å². The van der Waals surface area contributed by atoms with Crippen LogP contribution in [-0.2, 0) is 6.61 Å². The third-order valence-electron chi connectivity index (χ3n) is 4.05. The lowest BCUT2D eigenvalue weighted by molar-refractivity contribution is 0.289. The van der Waals surface area contributed by atoms with Crippen molar-refractivity contribution in [2.75, 3.05) is 0 Å². The average Bonchev–Trinajstić information content (AvgIpc) is 2.73. The Morgan fingerprint density at radius 3 is 2.33 bits per heavy atom. The molecule has 27 heavy (non-hydrogen) atoms. The van der Waals surface area contributed by atoms with Gasteiger partial charge in [0.25, 0.3) is 5.56 Å². The fraction of sp³-hybridized carbons (Fsp3) is 0.0455. The van der Waals surface area contributed by atoms with Crippen LogP contribution in [0.2, 0.25) is 0 Å². The van der Waals surface area contributed by atoms with Crippen molar-refractivity contribution < 1.29 is 4.74 Å². The zero-order valence-corrected chi connectivity index (χ0v) is 14.5. The Hall–Kier alpha value is -3.73. The van der Waals surface area contributed by atoms with E-state index < -0.39 is 0 Å². The number of hydrogen-bond acceptors (Lipinski definition) is 4. The predicted octanol–water partition coefficient (Wildman–Crippen LogP) is 3.86. The lowest BCUT2D eigenvalue weighted by Crippen LogP contribution is -2.23. The van der Waals surface area contributed by atoms with Crippen LogP contribution in [-0.4, -0.2) is 15.9 Å². The first-order valence-corrected chi connectivity index (χ1v) is 8.59. The van der Waals surface area contributed by atoms with Crippen molar-refractivity contribution in [2.45, 2.75) is 6.61 Å². The second-order valence-electron chi connectivity index (χ2n) is 5.92. The van der Waals surface area contributed by atoms with Crippen LogP contribution < -0.4 is 10.3 Å². The Bertz CT molecular complexity index is 1140. The molecule has 0 saturated carbocycles. The third-order valence-corrected chi connectivity index (χ3v) is 4.05. The third kappa shape index (κ3) is 3.77. The van der Waals surface area contributed by atoms with Gasteiger partial charge in [-0.15, -0.1) is 0 Å². The number of para-hydroxylation sites is 2. The molecule has 5 heteroatoms. The van der Waals surface area contributed by atoms with Gasteiger partial charge in [0.1, 0.15) is 12.4 Å². The first-order valence-electron chi connectivity index (χ1n) is 8.59. The van der Waals surface area contributed by atoms with Crippen LogP contribution in [0.1, 0.15) is 11.4 Å². The Morgan fingerprint density at radius 1 is 0.889 bits per heavy atom. The summed E-state index contributed by atoms with van der Waals surface area (Å²) in [5.74, 6) is 1.15. The molecule has 0 aliphatic carbocycles. The highest BCUT2D eigenvalue weighted by Gasteiger charge is 2.11. The van der Waals surface area contributed by atoms with E-state index in [2.05, 4.69) is 10.1 Å². The summed E-state index contributed by atoms with van der Waals surface area (Å²) < 4.78 is 7.10. The molecule has 0 atom stereocenters. The van der Waals surface area contributed by atoms with Gasteiger partial charge >= 0.3 is 0 Å². The molecule has 0 amide bonds. The minimum Gasteiger partial charge on any atom is -0.486 e. The minimum absolute atomic E-state index is 0.135.